The number of anilines is 2. The maximum Gasteiger partial charge on any atom is 0.255 e. The van der Waals surface area contributed by atoms with Gasteiger partial charge in [-0.3, -0.25) is 9.59 Å². The van der Waals surface area contributed by atoms with Gasteiger partial charge in [0.25, 0.3) is 5.91 Å². The lowest BCUT2D eigenvalue weighted by molar-refractivity contribution is -0.114. The number of rotatable bonds is 3. The van der Waals surface area contributed by atoms with Crippen molar-refractivity contribution >= 4 is 23.2 Å². The van der Waals surface area contributed by atoms with Crippen molar-refractivity contribution in [3.8, 4) is 0 Å². The van der Waals surface area contributed by atoms with Crippen LogP contribution in [-0.2, 0) is 10.2 Å². The van der Waals surface area contributed by atoms with Gasteiger partial charge in [-0.15, -0.1) is 0 Å². The number of aromatic nitrogens is 2. The highest BCUT2D eigenvalue weighted by atomic mass is 16.2. The van der Waals surface area contributed by atoms with Crippen LogP contribution in [0.15, 0.2) is 30.6 Å². The molecule has 2 rings (SSSR count). The first kappa shape index (κ1) is 17.6. The molecule has 0 aliphatic heterocycles. The predicted molar refractivity (Wildman–Crippen MR) is 94.2 cm³/mol. The highest BCUT2D eigenvalue weighted by molar-refractivity contribution is 6.05. The minimum Gasteiger partial charge on any atom is -0.326 e. The molecule has 2 amide bonds. The number of benzene rings is 1. The zero-order valence-electron chi connectivity index (χ0n) is 14.6. The summed E-state index contributed by atoms with van der Waals surface area (Å²) in [7, 11) is 0. The molecule has 0 aliphatic rings. The smallest absolute Gasteiger partial charge is 0.255 e. The van der Waals surface area contributed by atoms with Gasteiger partial charge in [-0.25, -0.2) is 9.97 Å². The molecule has 1 aromatic carbocycles. The maximum absolute atomic E-state index is 12.4. The monoisotopic (exact) mass is 326 g/mol. The molecular formula is C18H22N4O2. The van der Waals surface area contributed by atoms with Gasteiger partial charge < -0.3 is 10.6 Å². The standard InChI is InChI=1S/C18H22N4O2/c1-11-6-7-13(8-15(11)21-12(2)23)16(24)22-14-9-19-17(20-10-14)18(3,4)5/h6-10H,1-5H3,(H,21,23)(H,22,24). The second-order valence-electron chi connectivity index (χ2n) is 6.71. The number of nitrogens with zero attached hydrogens (tertiary/aromatic N) is 2. The van der Waals surface area contributed by atoms with Gasteiger partial charge in [0.2, 0.25) is 5.91 Å². The van der Waals surface area contributed by atoms with Crippen LogP contribution in [0.3, 0.4) is 0 Å². The lowest BCUT2D eigenvalue weighted by atomic mass is 9.96. The molecule has 24 heavy (non-hydrogen) atoms. The minimum absolute atomic E-state index is 0.146. The van der Waals surface area contributed by atoms with E-state index in [0.29, 0.717) is 22.8 Å². The van der Waals surface area contributed by atoms with Gasteiger partial charge in [-0.05, 0) is 24.6 Å². The summed E-state index contributed by atoms with van der Waals surface area (Å²) in [6, 6.07) is 5.15. The fraction of sp³-hybridized carbons (Fsp3) is 0.333. The first-order valence-electron chi connectivity index (χ1n) is 7.69. The van der Waals surface area contributed by atoms with E-state index in [9.17, 15) is 9.59 Å². The number of hydrogen-bond donors (Lipinski definition) is 2. The molecule has 6 heteroatoms. The Labute approximate surface area is 141 Å². The molecule has 0 spiro atoms. The number of nitrogens with one attached hydrogen (secondary N) is 2. The van der Waals surface area contributed by atoms with Crippen LogP contribution >= 0.6 is 0 Å². The molecule has 2 aromatic rings. The van der Waals surface area contributed by atoms with E-state index in [1.54, 1.807) is 30.6 Å². The summed E-state index contributed by atoms with van der Waals surface area (Å²) in [4.78, 5) is 32.2. The Morgan fingerprint density at radius 3 is 2.21 bits per heavy atom. The molecule has 0 fully saturated rings. The summed E-state index contributed by atoms with van der Waals surface area (Å²) in [5.41, 5.74) is 2.33. The maximum atomic E-state index is 12.4. The summed E-state index contributed by atoms with van der Waals surface area (Å²) < 4.78 is 0. The fourth-order valence-electron chi connectivity index (χ4n) is 2.07. The van der Waals surface area contributed by atoms with Crippen molar-refractivity contribution in [3.05, 3.63) is 47.5 Å². The lowest BCUT2D eigenvalue weighted by Crippen LogP contribution is -2.17. The van der Waals surface area contributed by atoms with Crippen molar-refractivity contribution in [3.63, 3.8) is 0 Å². The molecule has 0 aliphatic carbocycles. The zero-order valence-corrected chi connectivity index (χ0v) is 14.6. The van der Waals surface area contributed by atoms with E-state index in [2.05, 4.69) is 20.6 Å². The van der Waals surface area contributed by atoms with Gasteiger partial charge in [0.15, 0.2) is 0 Å². The zero-order chi connectivity index (χ0) is 17.9. The first-order valence-corrected chi connectivity index (χ1v) is 7.69. The predicted octanol–water partition coefficient (Wildman–Crippen LogP) is 3.29. The Bertz CT molecular complexity index is 762. The van der Waals surface area contributed by atoms with Crippen LogP contribution in [0, 0.1) is 6.92 Å². The Morgan fingerprint density at radius 2 is 1.67 bits per heavy atom. The summed E-state index contributed by atoms with van der Waals surface area (Å²) in [6.07, 6.45) is 3.18. The molecule has 0 bridgehead atoms. The highest BCUT2D eigenvalue weighted by Crippen LogP contribution is 2.20. The minimum atomic E-state index is -0.284. The van der Waals surface area contributed by atoms with Crippen molar-refractivity contribution in [1.29, 1.82) is 0 Å². The van der Waals surface area contributed by atoms with Crippen LogP contribution in [0.1, 0.15) is 49.4 Å². The van der Waals surface area contributed by atoms with Crippen LogP contribution in [0.5, 0.6) is 0 Å². The largest absolute Gasteiger partial charge is 0.326 e. The van der Waals surface area contributed by atoms with Crippen molar-refractivity contribution in [1.82, 2.24) is 9.97 Å². The highest BCUT2D eigenvalue weighted by Gasteiger charge is 2.17. The van der Waals surface area contributed by atoms with Gasteiger partial charge in [-0.2, -0.15) is 0 Å². The molecule has 6 nitrogen and oxygen atoms in total. The van der Waals surface area contributed by atoms with Gasteiger partial charge in [-0.1, -0.05) is 26.8 Å². The number of carbonyl (C=O) groups is 2. The van der Waals surface area contributed by atoms with Crippen molar-refractivity contribution in [2.75, 3.05) is 10.6 Å². The van der Waals surface area contributed by atoms with Crippen LogP contribution in [0.2, 0.25) is 0 Å². The van der Waals surface area contributed by atoms with Gasteiger partial charge in [0, 0.05) is 23.6 Å². The Kier molecular flexibility index (Phi) is 4.97. The van der Waals surface area contributed by atoms with E-state index in [0.717, 1.165) is 5.56 Å². The summed E-state index contributed by atoms with van der Waals surface area (Å²) >= 11 is 0. The lowest BCUT2D eigenvalue weighted by Gasteiger charge is -2.16. The average Bonchev–Trinajstić information content (AvgIpc) is 2.48. The Hall–Kier alpha value is -2.76. The van der Waals surface area contributed by atoms with E-state index in [1.165, 1.54) is 6.92 Å². The molecule has 0 atom stereocenters. The van der Waals surface area contributed by atoms with E-state index in [-0.39, 0.29) is 17.2 Å². The number of amides is 2. The second kappa shape index (κ2) is 6.78. The molecule has 1 aromatic heterocycles. The van der Waals surface area contributed by atoms with Crippen LogP contribution in [0.25, 0.3) is 0 Å². The third kappa shape index (κ3) is 4.38. The Morgan fingerprint density at radius 1 is 1.04 bits per heavy atom. The van der Waals surface area contributed by atoms with Crippen LogP contribution in [0.4, 0.5) is 11.4 Å². The molecule has 0 saturated carbocycles. The van der Waals surface area contributed by atoms with Crippen molar-refractivity contribution in [2.24, 2.45) is 0 Å². The molecule has 126 valence electrons. The van der Waals surface area contributed by atoms with E-state index in [4.69, 9.17) is 0 Å². The normalized spacial score (nSPS) is 11.0. The Balaban J connectivity index is 2.16. The van der Waals surface area contributed by atoms with Crippen molar-refractivity contribution < 1.29 is 9.59 Å². The molecular weight excluding hydrogens is 304 g/mol. The summed E-state index contributed by atoms with van der Waals surface area (Å²) in [6.45, 7) is 9.37. The molecule has 0 unspecified atom stereocenters. The molecule has 0 radical (unpaired) electrons. The summed E-state index contributed by atoms with van der Waals surface area (Å²) in [5, 5.41) is 5.47. The first-order chi connectivity index (χ1) is 11.2. The van der Waals surface area contributed by atoms with E-state index < -0.39 is 0 Å². The van der Waals surface area contributed by atoms with Gasteiger partial charge in [0.1, 0.15) is 5.82 Å². The van der Waals surface area contributed by atoms with Gasteiger partial charge in [0.05, 0.1) is 18.1 Å². The molecule has 0 saturated heterocycles. The molecule has 2 N–H and O–H groups in total. The average molecular weight is 326 g/mol. The van der Waals surface area contributed by atoms with E-state index >= 15 is 0 Å². The van der Waals surface area contributed by atoms with Crippen LogP contribution in [-0.4, -0.2) is 21.8 Å². The van der Waals surface area contributed by atoms with Crippen molar-refractivity contribution in [2.45, 2.75) is 40.0 Å². The molecule has 1 heterocycles. The second-order valence-corrected chi connectivity index (χ2v) is 6.71. The SMILES string of the molecule is CC(=O)Nc1cc(C(=O)Nc2cnc(C(C)(C)C)nc2)ccc1C. The third-order valence-corrected chi connectivity index (χ3v) is 3.39. The number of aryl methyl sites for hydroxylation is 1. The van der Waals surface area contributed by atoms with Gasteiger partial charge >= 0.3 is 0 Å². The topological polar surface area (TPSA) is 84.0 Å². The fourth-order valence-corrected chi connectivity index (χ4v) is 2.07. The summed E-state index contributed by atoms with van der Waals surface area (Å²) in [5.74, 6) is 0.249. The third-order valence-electron chi connectivity index (χ3n) is 3.39. The quantitative estimate of drug-likeness (QED) is 0.906. The van der Waals surface area contributed by atoms with E-state index in [1.807, 2.05) is 27.7 Å². The van der Waals surface area contributed by atoms with Crippen LogP contribution < -0.4 is 10.6 Å². The number of hydrogen-bond acceptors (Lipinski definition) is 4. The number of carbonyl (C=O) groups excluding carboxylic acids is 2.